The predicted octanol–water partition coefficient (Wildman–Crippen LogP) is 4.32. The highest BCUT2D eigenvalue weighted by atomic mass is 32.2. The number of hydrogen-bond acceptors (Lipinski definition) is 5. The van der Waals surface area contributed by atoms with Gasteiger partial charge in [-0.3, -0.25) is 0 Å². The van der Waals surface area contributed by atoms with Crippen LogP contribution in [0.1, 0.15) is 31.9 Å². The molecule has 0 fully saturated rings. The first-order chi connectivity index (χ1) is 15.3. The normalized spacial score (nSPS) is 18.9. The summed E-state index contributed by atoms with van der Waals surface area (Å²) >= 11 is 0. The number of primary sulfonamides is 1. The standard InChI is InChI=1S/C24H27N3O4S/c1-16-14-19(8-13-24(16)32(25,28)29)27-23(18-6-11-21(31-3)12-7-18)15-22(26-27)17-4-9-20(30-2)10-5-17/h4-6,8-11,13,15-16H,7,12,14H2,1-3H3,(H2,25,28,29). The minimum absolute atomic E-state index is 0.230. The third kappa shape index (κ3) is 4.42. The SMILES string of the molecule is COC1=CC=C(c2cc(-c3ccc(OC)cc3)nn2C2=CC=C(S(N)(=O)=O)C(C)C2)CC1. The predicted molar refractivity (Wildman–Crippen MR) is 126 cm³/mol. The van der Waals surface area contributed by atoms with Crippen LogP contribution in [0.15, 0.2) is 65.3 Å². The average molecular weight is 454 g/mol. The van der Waals surface area contributed by atoms with E-state index in [-0.39, 0.29) is 10.8 Å². The molecule has 0 bridgehead atoms. The van der Waals surface area contributed by atoms with E-state index >= 15 is 0 Å². The Morgan fingerprint density at radius 2 is 1.78 bits per heavy atom. The molecule has 1 aromatic carbocycles. The molecule has 2 aliphatic rings. The van der Waals surface area contributed by atoms with Crippen molar-refractivity contribution in [3.05, 3.63) is 71.0 Å². The molecule has 0 amide bonds. The van der Waals surface area contributed by atoms with E-state index in [9.17, 15) is 8.42 Å². The maximum atomic E-state index is 11.9. The minimum Gasteiger partial charge on any atom is -0.501 e. The summed E-state index contributed by atoms with van der Waals surface area (Å²) in [5, 5.41) is 10.3. The van der Waals surface area contributed by atoms with Gasteiger partial charge in [0.15, 0.2) is 0 Å². The van der Waals surface area contributed by atoms with Gasteiger partial charge in [-0.15, -0.1) is 0 Å². The third-order valence-electron chi connectivity index (χ3n) is 5.84. The van der Waals surface area contributed by atoms with Crippen LogP contribution < -0.4 is 9.88 Å². The first kappa shape index (κ1) is 22.1. The molecule has 32 heavy (non-hydrogen) atoms. The molecule has 4 rings (SSSR count). The Kier molecular flexibility index (Phi) is 6.08. The van der Waals surface area contributed by atoms with Crippen molar-refractivity contribution in [2.24, 2.45) is 11.1 Å². The lowest BCUT2D eigenvalue weighted by molar-refractivity contribution is 0.277. The Bertz CT molecular complexity index is 1250. The molecule has 168 valence electrons. The quantitative estimate of drug-likeness (QED) is 0.703. The van der Waals surface area contributed by atoms with Crippen LogP contribution in [-0.2, 0) is 14.8 Å². The molecule has 1 atom stereocenters. The van der Waals surface area contributed by atoms with Gasteiger partial charge in [0.25, 0.3) is 0 Å². The number of sulfonamides is 1. The Morgan fingerprint density at radius 3 is 2.34 bits per heavy atom. The number of aromatic nitrogens is 2. The summed E-state index contributed by atoms with van der Waals surface area (Å²) in [4.78, 5) is 0.245. The monoisotopic (exact) mass is 453 g/mol. The van der Waals surface area contributed by atoms with Gasteiger partial charge in [-0.2, -0.15) is 5.10 Å². The fourth-order valence-electron chi connectivity index (χ4n) is 4.09. The Balaban J connectivity index is 1.81. The molecule has 2 aromatic rings. The van der Waals surface area contributed by atoms with Gasteiger partial charge >= 0.3 is 0 Å². The molecule has 0 aliphatic heterocycles. The minimum atomic E-state index is -3.72. The lowest BCUT2D eigenvalue weighted by atomic mass is 9.97. The van der Waals surface area contributed by atoms with Crippen LogP contribution >= 0.6 is 0 Å². The van der Waals surface area contributed by atoms with Crippen molar-refractivity contribution in [3.8, 4) is 17.0 Å². The fraction of sp³-hybridized carbons (Fsp3) is 0.292. The van der Waals surface area contributed by atoms with E-state index in [1.54, 1.807) is 26.4 Å². The highest BCUT2D eigenvalue weighted by Gasteiger charge is 2.26. The summed E-state index contributed by atoms with van der Waals surface area (Å²) in [7, 11) is -0.404. The number of benzene rings is 1. The summed E-state index contributed by atoms with van der Waals surface area (Å²) in [5.41, 5.74) is 4.85. The molecule has 2 aliphatic carbocycles. The number of rotatable bonds is 6. The molecule has 1 unspecified atom stereocenters. The van der Waals surface area contributed by atoms with Crippen molar-refractivity contribution in [2.75, 3.05) is 14.2 Å². The Hall–Kier alpha value is -3.10. The van der Waals surface area contributed by atoms with Crippen LogP contribution in [0.2, 0.25) is 0 Å². The largest absolute Gasteiger partial charge is 0.501 e. The van der Waals surface area contributed by atoms with Gasteiger partial charge in [-0.05, 0) is 72.9 Å². The number of hydrogen-bond donors (Lipinski definition) is 1. The maximum absolute atomic E-state index is 11.9. The smallest absolute Gasteiger partial charge is 0.234 e. The molecule has 0 saturated carbocycles. The molecular weight excluding hydrogens is 426 g/mol. The molecule has 1 heterocycles. The van der Waals surface area contributed by atoms with E-state index in [2.05, 4.69) is 12.1 Å². The second kappa shape index (κ2) is 8.80. The molecular formula is C24H27N3O4S. The van der Waals surface area contributed by atoms with E-state index in [0.29, 0.717) is 6.42 Å². The van der Waals surface area contributed by atoms with E-state index in [0.717, 1.165) is 52.6 Å². The van der Waals surface area contributed by atoms with Crippen LogP contribution in [-0.4, -0.2) is 32.4 Å². The number of nitrogens with zero attached hydrogens (tertiary/aromatic N) is 2. The van der Waals surface area contributed by atoms with Gasteiger partial charge in [0.2, 0.25) is 10.0 Å². The van der Waals surface area contributed by atoms with Crippen LogP contribution in [0, 0.1) is 5.92 Å². The first-order valence-electron chi connectivity index (χ1n) is 10.4. The lowest BCUT2D eigenvalue weighted by Gasteiger charge is -2.22. The Morgan fingerprint density at radius 1 is 1.03 bits per heavy atom. The van der Waals surface area contributed by atoms with Crippen molar-refractivity contribution in [3.63, 3.8) is 0 Å². The maximum Gasteiger partial charge on any atom is 0.234 e. The number of methoxy groups -OCH3 is 2. The summed E-state index contributed by atoms with van der Waals surface area (Å²) in [5.74, 6) is 1.50. The van der Waals surface area contributed by atoms with Crippen LogP contribution in [0.25, 0.3) is 22.5 Å². The molecule has 1 aromatic heterocycles. The first-order valence-corrected chi connectivity index (χ1v) is 12.0. The van der Waals surface area contributed by atoms with Crippen LogP contribution in [0.4, 0.5) is 0 Å². The molecule has 0 spiro atoms. The zero-order valence-corrected chi connectivity index (χ0v) is 19.2. The van der Waals surface area contributed by atoms with Crippen molar-refractivity contribution in [1.29, 1.82) is 0 Å². The molecule has 7 nitrogen and oxygen atoms in total. The van der Waals surface area contributed by atoms with Gasteiger partial charge in [0.05, 0.1) is 36.3 Å². The van der Waals surface area contributed by atoms with E-state index in [1.165, 1.54) is 0 Å². The summed E-state index contributed by atoms with van der Waals surface area (Å²) < 4.78 is 36.3. The van der Waals surface area contributed by atoms with Crippen molar-refractivity contribution >= 4 is 21.3 Å². The van der Waals surface area contributed by atoms with Gasteiger partial charge < -0.3 is 9.47 Å². The molecule has 2 N–H and O–H groups in total. The average Bonchev–Trinajstić information content (AvgIpc) is 3.24. The lowest BCUT2D eigenvalue weighted by Crippen LogP contribution is -2.22. The third-order valence-corrected chi connectivity index (χ3v) is 7.03. The Labute approximate surface area is 188 Å². The fourth-order valence-corrected chi connectivity index (χ4v) is 4.99. The van der Waals surface area contributed by atoms with Gasteiger partial charge in [-0.25, -0.2) is 18.2 Å². The van der Waals surface area contributed by atoms with Gasteiger partial charge in [0.1, 0.15) is 5.75 Å². The molecule has 0 radical (unpaired) electrons. The van der Waals surface area contributed by atoms with E-state index in [1.807, 2.05) is 41.9 Å². The van der Waals surface area contributed by atoms with Crippen LogP contribution in [0.3, 0.4) is 0 Å². The number of allylic oxidation sites excluding steroid dienone is 8. The number of ether oxygens (including phenoxy) is 2. The summed E-state index contributed by atoms with van der Waals surface area (Å²) in [6.45, 7) is 1.87. The highest BCUT2D eigenvalue weighted by molar-refractivity contribution is 7.93. The zero-order valence-electron chi connectivity index (χ0n) is 18.4. The summed E-state index contributed by atoms with van der Waals surface area (Å²) in [6, 6.07) is 9.84. The second-order valence-corrected chi connectivity index (χ2v) is 9.52. The van der Waals surface area contributed by atoms with Crippen molar-refractivity contribution < 1.29 is 17.9 Å². The highest BCUT2D eigenvalue weighted by Crippen LogP contribution is 2.36. The zero-order chi connectivity index (χ0) is 22.9. The molecule has 0 saturated heterocycles. The topological polar surface area (TPSA) is 96.4 Å². The van der Waals surface area contributed by atoms with Crippen LogP contribution in [0.5, 0.6) is 5.75 Å². The van der Waals surface area contributed by atoms with Gasteiger partial charge in [-0.1, -0.05) is 13.0 Å². The molecule has 8 heteroatoms. The van der Waals surface area contributed by atoms with E-state index in [4.69, 9.17) is 19.7 Å². The number of nitrogens with two attached hydrogens (primary N) is 1. The summed E-state index contributed by atoms with van der Waals surface area (Å²) in [6.07, 6.45) is 9.60. The van der Waals surface area contributed by atoms with Crippen molar-refractivity contribution in [1.82, 2.24) is 9.78 Å². The second-order valence-electron chi connectivity index (χ2n) is 7.96. The van der Waals surface area contributed by atoms with Gasteiger partial charge in [0, 0.05) is 17.7 Å². The van der Waals surface area contributed by atoms with E-state index < -0.39 is 10.0 Å². The van der Waals surface area contributed by atoms with Crippen molar-refractivity contribution in [2.45, 2.75) is 26.2 Å².